The van der Waals surface area contributed by atoms with E-state index in [-0.39, 0.29) is 29.5 Å². The predicted octanol–water partition coefficient (Wildman–Crippen LogP) is 8.20. The molecule has 0 radical (unpaired) electrons. The van der Waals surface area contributed by atoms with E-state index >= 15 is 0 Å². The summed E-state index contributed by atoms with van der Waals surface area (Å²) in [5.74, 6) is -4.98. The van der Waals surface area contributed by atoms with Crippen LogP contribution in [0.3, 0.4) is 0 Å². The molecule has 12 heteroatoms. The Labute approximate surface area is 266 Å². The summed E-state index contributed by atoms with van der Waals surface area (Å²) in [7, 11) is 0. The van der Waals surface area contributed by atoms with E-state index in [2.05, 4.69) is 9.73 Å². The monoisotopic (exact) mass is 654 g/mol. The maximum Gasteiger partial charge on any atom is 0.573 e. The smallest absolute Gasteiger partial charge is 0.455 e. The number of hydrogen-bond acceptors (Lipinski definition) is 5. The Bertz CT molecular complexity index is 1750. The van der Waals surface area contributed by atoms with Crippen LogP contribution in [0.15, 0.2) is 96.0 Å². The summed E-state index contributed by atoms with van der Waals surface area (Å²) >= 11 is 0. The standard InChI is InChI=1S/C35H28F6N2O4/c1-20(2)43(25-14-12-24(36)13-15-25)31(44)19-46-34(45)27-18-30(32-28(37)4-3-5-29(32)38)42-33(27)23-8-6-21(7-9-23)22-10-16-26(17-11-22)47-35(39,40)41/h3-17,20,27,33H,18-19H2,1-2H3. The van der Waals surface area contributed by atoms with Gasteiger partial charge >= 0.3 is 12.3 Å². The number of rotatable bonds is 9. The van der Waals surface area contributed by atoms with Crippen LogP contribution in [0.5, 0.6) is 5.75 Å². The molecule has 1 heterocycles. The number of anilines is 1. The number of benzene rings is 4. The van der Waals surface area contributed by atoms with Gasteiger partial charge in [-0.2, -0.15) is 0 Å². The summed E-state index contributed by atoms with van der Waals surface area (Å²) in [4.78, 5) is 32.5. The molecule has 0 fully saturated rings. The first-order valence-corrected chi connectivity index (χ1v) is 14.5. The van der Waals surface area contributed by atoms with Crippen LogP contribution in [0.4, 0.5) is 32.0 Å². The lowest BCUT2D eigenvalue weighted by Gasteiger charge is -2.27. The molecule has 2 unspecified atom stereocenters. The molecule has 0 aliphatic carbocycles. The highest BCUT2D eigenvalue weighted by Crippen LogP contribution is 2.39. The van der Waals surface area contributed by atoms with Crippen molar-refractivity contribution in [2.75, 3.05) is 11.5 Å². The molecule has 1 aliphatic rings. The van der Waals surface area contributed by atoms with Gasteiger partial charge in [0.1, 0.15) is 23.2 Å². The molecule has 0 saturated heterocycles. The van der Waals surface area contributed by atoms with Crippen molar-refractivity contribution in [3.63, 3.8) is 0 Å². The number of ether oxygens (including phenoxy) is 2. The van der Waals surface area contributed by atoms with Crippen molar-refractivity contribution in [3.8, 4) is 16.9 Å². The van der Waals surface area contributed by atoms with E-state index in [4.69, 9.17) is 4.74 Å². The van der Waals surface area contributed by atoms with Crippen LogP contribution in [-0.4, -0.2) is 36.6 Å². The number of carbonyl (C=O) groups excluding carboxylic acids is 2. The molecule has 0 saturated carbocycles. The van der Waals surface area contributed by atoms with Gasteiger partial charge in [0.2, 0.25) is 0 Å². The zero-order chi connectivity index (χ0) is 33.9. The maximum absolute atomic E-state index is 14.7. The van der Waals surface area contributed by atoms with Gasteiger partial charge in [-0.3, -0.25) is 14.6 Å². The summed E-state index contributed by atoms with van der Waals surface area (Å²) in [5.41, 5.74) is 1.77. The zero-order valence-corrected chi connectivity index (χ0v) is 25.1. The Balaban J connectivity index is 1.38. The van der Waals surface area contributed by atoms with E-state index in [1.807, 2.05) is 0 Å². The molecule has 4 aromatic rings. The van der Waals surface area contributed by atoms with E-state index in [1.54, 1.807) is 38.1 Å². The second-order valence-corrected chi connectivity index (χ2v) is 11.1. The van der Waals surface area contributed by atoms with E-state index in [0.717, 1.165) is 12.1 Å². The number of hydrogen-bond donors (Lipinski definition) is 0. The van der Waals surface area contributed by atoms with Crippen molar-refractivity contribution >= 4 is 23.3 Å². The van der Waals surface area contributed by atoms with E-state index in [9.17, 15) is 35.9 Å². The molecule has 0 aromatic heterocycles. The molecule has 2 atom stereocenters. The Morgan fingerprint density at radius 1 is 0.851 bits per heavy atom. The molecular formula is C35H28F6N2O4. The molecule has 0 bridgehead atoms. The summed E-state index contributed by atoms with van der Waals surface area (Å²) in [6.45, 7) is 2.84. The minimum absolute atomic E-state index is 0.0123. The molecule has 0 N–H and O–H groups in total. The number of halogens is 6. The van der Waals surface area contributed by atoms with Crippen molar-refractivity contribution in [1.82, 2.24) is 0 Å². The van der Waals surface area contributed by atoms with Crippen LogP contribution in [0.2, 0.25) is 0 Å². The van der Waals surface area contributed by atoms with Crippen LogP contribution in [-0.2, 0) is 14.3 Å². The third-order valence-corrected chi connectivity index (χ3v) is 7.54. The SMILES string of the molecule is CC(C)N(C(=O)COC(=O)C1CC(c2c(F)cccc2F)=NC1c1ccc(-c2ccc(OC(F)(F)F)cc2)cc1)c1ccc(F)cc1. The third-order valence-electron chi connectivity index (χ3n) is 7.54. The van der Waals surface area contributed by atoms with E-state index in [1.165, 1.54) is 59.5 Å². The fourth-order valence-corrected chi connectivity index (χ4v) is 5.45. The quantitative estimate of drug-likeness (QED) is 0.135. The molecule has 5 rings (SSSR count). The third kappa shape index (κ3) is 7.82. The summed E-state index contributed by atoms with van der Waals surface area (Å²) in [6, 6.07) is 19.2. The second kappa shape index (κ2) is 13.7. The predicted molar refractivity (Wildman–Crippen MR) is 162 cm³/mol. The number of nitrogens with zero attached hydrogens (tertiary/aromatic N) is 2. The average molecular weight is 655 g/mol. The maximum atomic E-state index is 14.7. The van der Waals surface area contributed by atoms with Gasteiger partial charge < -0.3 is 14.4 Å². The van der Waals surface area contributed by atoms with Crippen molar-refractivity contribution in [2.24, 2.45) is 10.9 Å². The molecule has 1 amide bonds. The minimum Gasteiger partial charge on any atom is -0.455 e. The van der Waals surface area contributed by atoms with Crippen molar-refractivity contribution in [2.45, 2.75) is 38.7 Å². The van der Waals surface area contributed by atoms with E-state index in [0.29, 0.717) is 22.4 Å². The Hall–Kier alpha value is -5.13. The van der Waals surface area contributed by atoms with Crippen LogP contribution in [0, 0.1) is 23.4 Å². The number of aliphatic imine (C=N–C) groups is 1. The van der Waals surface area contributed by atoms with Crippen LogP contribution in [0.1, 0.15) is 37.4 Å². The van der Waals surface area contributed by atoms with Crippen molar-refractivity contribution in [3.05, 3.63) is 120 Å². The van der Waals surface area contributed by atoms with Crippen LogP contribution in [0.25, 0.3) is 11.1 Å². The van der Waals surface area contributed by atoms with E-state index < -0.39 is 54.3 Å². The van der Waals surface area contributed by atoms with Gasteiger partial charge in [0.15, 0.2) is 6.61 Å². The Kier molecular flexibility index (Phi) is 9.69. The molecular weight excluding hydrogens is 626 g/mol. The normalized spacial score (nSPS) is 16.1. The summed E-state index contributed by atoms with van der Waals surface area (Å²) in [5, 5.41) is 0. The van der Waals surface area contributed by atoms with Gasteiger partial charge in [-0.1, -0.05) is 42.5 Å². The lowest BCUT2D eigenvalue weighted by Crippen LogP contribution is -2.40. The molecule has 0 spiro atoms. The number of carbonyl (C=O) groups is 2. The number of alkyl halides is 3. The highest BCUT2D eigenvalue weighted by Gasteiger charge is 2.39. The number of esters is 1. The lowest BCUT2D eigenvalue weighted by molar-refractivity contribution is -0.274. The average Bonchev–Trinajstić information content (AvgIpc) is 3.45. The van der Waals surface area contributed by atoms with Gasteiger partial charge in [0.25, 0.3) is 5.91 Å². The zero-order valence-electron chi connectivity index (χ0n) is 25.1. The number of amides is 1. The first-order valence-electron chi connectivity index (χ1n) is 14.5. The first-order chi connectivity index (χ1) is 22.3. The fraction of sp³-hybridized carbons (Fsp3) is 0.229. The summed E-state index contributed by atoms with van der Waals surface area (Å²) < 4.78 is 89.9. The lowest BCUT2D eigenvalue weighted by atomic mass is 9.90. The van der Waals surface area contributed by atoms with Crippen molar-refractivity contribution < 1.29 is 45.4 Å². The minimum atomic E-state index is -4.82. The second-order valence-electron chi connectivity index (χ2n) is 11.1. The van der Waals surface area contributed by atoms with Gasteiger partial charge in [0.05, 0.1) is 17.5 Å². The van der Waals surface area contributed by atoms with Gasteiger partial charge in [0, 0.05) is 23.9 Å². The van der Waals surface area contributed by atoms with Crippen molar-refractivity contribution in [1.29, 1.82) is 0 Å². The largest absolute Gasteiger partial charge is 0.573 e. The molecule has 244 valence electrons. The van der Waals surface area contributed by atoms with Crippen LogP contribution >= 0.6 is 0 Å². The molecule has 1 aliphatic heterocycles. The molecule has 4 aromatic carbocycles. The fourth-order valence-electron chi connectivity index (χ4n) is 5.45. The van der Waals surface area contributed by atoms with Gasteiger partial charge in [-0.15, -0.1) is 13.2 Å². The molecule has 6 nitrogen and oxygen atoms in total. The topological polar surface area (TPSA) is 68.2 Å². The highest BCUT2D eigenvalue weighted by atomic mass is 19.4. The summed E-state index contributed by atoms with van der Waals surface area (Å²) in [6.07, 6.45) is -5.00. The Morgan fingerprint density at radius 3 is 1.98 bits per heavy atom. The van der Waals surface area contributed by atoms with Crippen LogP contribution < -0.4 is 9.64 Å². The first kappa shape index (κ1) is 33.2. The molecule has 47 heavy (non-hydrogen) atoms. The van der Waals surface area contributed by atoms with Gasteiger partial charge in [-0.25, -0.2) is 13.2 Å². The van der Waals surface area contributed by atoms with Gasteiger partial charge in [-0.05, 0) is 79.1 Å². The highest BCUT2D eigenvalue weighted by molar-refractivity contribution is 6.05. The Morgan fingerprint density at radius 2 is 1.43 bits per heavy atom.